The Hall–Kier alpha value is -2.57. The lowest BCUT2D eigenvalue weighted by Crippen LogP contribution is -2.53. The van der Waals surface area contributed by atoms with Gasteiger partial charge in [0.25, 0.3) is 0 Å². The molecule has 2 saturated heterocycles. The highest BCUT2D eigenvalue weighted by atomic mass is 16.5. The summed E-state index contributed by atoms with van der Waals surface area (Å²) in [6.07, 6.45) is 2.06. The summed E-state index contributed by atoms with van der Waals surface area (Å²) in [5.41, 5.74) is 2.39. The van der Waals surface area contributed by atoms with E-state index in [4.69, 9.17) is 9.47 Å². The molecular formula is C25H33N3O3. The van der Waals surface area contributed by atoms with E-state index in [9.17, 15) is 4.79 Å². The highest BCUT2D eigenvalue weighted by Gasteiger charge is 2.34. The van der Waals surface area contributed by atoms with Crippen LogP contribution in [0.3, 0.4) is 0 Å². The highest BCUT2D eigenvalue weighted by molar-refractivity contribution is 5.82. The quantitative estimate of drug-likeness (QED) is 0.685. The van der Waals surface area contributed by atoms with E-state index in [1.807, 2.05) is 24.3 Å². The Morgan fingerprint density at radius 1 is 0.935 bits per heavy atom. The second-order valence-corrected chi connectivity index (χ2v) is 8.39. The van der Waals surface area contributed by atoms with Crippen LogP contribution in [-0.4, -0.2) is 73.6 Å². The standard InChI is InChI=1S/C25H33N3O3/c1-30-22-10-11-24(31-2)21(17-22)19-26-13-15-27(16-14-26)25(29)23-9-6-12-28(23)18-20-7-4-3-5-8-20/h3-5,7-8,10-11,17,23H,6,9,12-16,18-19H2,1-2H3. The van der Waals surface area contributed by atoms with Gasteiger partial charge in [-0.3, -0.25) is 14.6 Å². The summed E-state index contributed by atoms with van der Waals surface area (Å²) in [4.78, 5) is 20.1. The minimum atomic E-state index is 0.0187. The molecule has 2 aromatic carbocycles. The van der Waals surface area contributed by atoms with Crippen LogP contribution in [-0.2, 0) is 17.9 Å². The lowest BCUT2D eigenvalue weighted by molar-refractivity contribution is -0.138. The molecule has 31 heavy (non-hydrogen) atoms. The van der Waals surface area contributed by atoms with Gasteiger partial charge in [0, 0.05) is 44.8 Å². The summed E-state index contributed by atoms with van der Waals surface area (Å²) in [6, 6.07) is 16.4. The average Bonchev–Trinajstić information content (AvgIpc) is 3.27. The number of carbonyl (C=O) groups is 1. The molecule has 0 N–H and O–H groups in total. The van der Waals surface area contributed by atoms with Gasteiger partial charge in [-0.1, -0.05) is 30.3 Å². The van der Waals surface area contributed by atoms with Gasteiger partial charge in [-0.2, -0.15) is 0 Å². The number of piperazine rings is 1. The number of likely N-dealkylation sites (tertiary alicyclic amines) is 1. The number of ether oxygens (including phenoxy) is 2. The molecule has 166 valence electrons. The molecule has 0 aromatic heterocycles. The molecule has 0 radical (unpaired) electrons. The first kappa shape index (κ1) is 21.7. The third-order valence-electron chi connectivity index (χ3n) is 6.44. The zero-order chi connectivity index (χ0) is 21.6. The van der Waals surface area contributed by atoms with E-state index in [2.05, 4.69) is 39.0 Å². The van der Waals surface area contributed by atoms with Crippen molar-refractivity contribution in [2.24, 2.45) is 0 Å². The molecule has 0 saturated carbocycles. The second kappa shape index (κ2) is 10.2. The van der Waals surface area contributed by atoms with Crippen molar-refractivity contribution < 1.29 is 14.3 Å². The summed E-state index contributed by atoms with van der Waals surface area (Å²) < 4.78 is 10.9. The van der Waals surface area contributed by atoms with Crippen LogP contribution >= 0.6 is 0 Å². The van der Waals surface area contributed by atoms with E-state index in [1.54, 1.807) is 14.2 Å². The topological polar surface area (TPSA) is 45.3 Å². The lowest BCUT2D eigenvalue weighted by Gasteiger charge is -2.37. The molecule has 2 aliphatic rings. The van der Waals surface area contributed by atoms with Gasteiger partial charge in [-0.05, 0) is 43.1 Å². The van der Waals surface area contributed by atoms with Crippen LogP contribution < -0.4 is 9.47 Å². The highest BCUT2D eigenvalue weighted by Crippen LogP contribution is 2.26. The van der Waals surface area contributed by atoms with E-state index >= 15 is 0 Å². The van der Waals surface area contributed by atoms with Gasteiger partial charge in [-0.15, -0.1) is 0 Å². The van der Waals surface area contributed by atoms with E-state index in [0.717, 1.165) is 75.7 Å². The van der Waals surface area contributed by atoms with Gasteiger partial charge in [0.05, 0.1) is 20.3 Å². The zero-order valence-electron chi connectivity index (χ0n) is 18.6. The van der Waals surface area contributed by atoms with Gasteiger partial charge in [-0.25, -0.2) is 0 Å². The Kier molecular flexibility index (Phi) is 7.10. The van der Waals surface area contributed by atoms with Crippen molar-refractivity contribution in [3.05, 3.63) is 59.7 Å². The van der Waals surface area contributed by atoms with Crippen molar-refractivity contribution in [1.29, 1.82) is 0 Å². The molecule has 0 aliphatic carbocycles. The number of benzene rings is 2. The first-order chi connectivity index (χ1) is 15.2. The number of amides is 1. The second-order valence-electron chi connectivity index (χ2n) is 8.39. The fourth-order valence-corrected chi connectivity index (χ4v) is 4.70. The molecule has 1 unspecified atom stereocenters. The number of methoxy groups -OCH3 is 2. The van der Waals surface area contributed by atoms with Gasteiger partial charge in [0.15, 0.2) is 0 Å². The smallest absolute Gasteiger partial charge is 0.240 e. The van der Waals surface area contributed by atoms with Crippen molar-refractivity contribution in [1.82, 2.24) is 14.7 Å². The van der Waals surface area contributed by atoms with Crippen molar-refractivity contribution in [3.8, 4) is 11.5 Å². The molecule has 0 spiro atoms. The van der Waals surface area contributed by atoms with Crippen molar-refractivity contribution in [2.45, 2.75) is 32.0 Å². The maximum absolute atomic E-state index is 13.3. The fraction of sp³-hybridized carbons (Fsp3) is 0.480. The summed E-state index contributed by atoms with van der Waals surface area (Å²) >= 11 is 0. The average molecular weight is 424 g/mol. The molecule has 1 atom stereocenters. The number of hydrogen-bond donors (Lipinski definition) is 0. The molecule has 2 fully saturated rings. The molecule has 6 heteroatoms. The minimum Gasteiger partial charge on any atom is -0.497 e. The van der Waals surface area contributed by atoms with Crippen LogP contribution in [0.25, 0.3) is 0 Å². The summed E-state index contributed by atoms with van der Waals surface area (Å²) in [5, 5.41) is 0. The van der Waals surface area contributed by atoms with E-state index in [0.29, 0.717) is 5.91 Å². The summed E-state index contributed by atoms with van der Waals surface area (Å²) in [5.74, 6) is 2.01. The maximum Gasteiger partial charge on any atom is 0.240 e. The molecule has 4 rings (SSSR count). The SMILES string of the molecule is COc1ccc(OC)c(CN2CCN(C(=O)C3CCCN3Cc3ccccc3)CC2)c1. The summed E-state index contributed by atoms with van der Waals surface area (Å²) in [6.45, 7) is 5.95. The third-order valence-corrected chi connectivity index (χ3v) is 6.44. The van der Waals surface area contributed by atoms with Crippen LogP contribution in [0.15, 0.2) is 48.5 Å². The van der Waals surface area contributed by atoms with E-state index in [-0.39, 0.29) is 6.04 Å². The molecular weight excluding hydrogens is 390 g/mol. The summed E-state index contributed by atoms with van der Waals surface area (Å²) in [7, 11) is 3.38. The Morgan fingerprint density at radius 2 is 1.71 bits per heavy atom. The fourth-order valence-electron chi connectivity index (χ4n) is 4.70. The van der Waals surface area contributed by atoms with Crippen LogP contribution in [0, 0.1) is 0 Å². The van der Waals surface area contributed by atoms with Crippen molar-refractivity contribution >= 4 is 5.91 Å². The van der Waals surface area contributed by atoms with Crippen molar-refractivity contribution in [3.63, 3.8) is 0 Å². The Bertz CT molecular complexity index is 866. The molecule has 2 aliphatic heterocycles. The number of hydrogen-bond acceptors (Lipinski definition) is 5. The van der Waals surface area contributed by atoms with Gasteiger partial charge in [0.1, 0.15) is 11.5 Å². The maximum atomic E-state index is 13.3. The monoisotopic (exact) mass is 423 g/mol. The predicted molar refractivity (Wildman–Crippen MR) is 121 cm³/mol. The molecule has 0 bridgehead atoms. The zero-order valence-corrected chi connectivity index (χ0v) is 18.6. The molecule has 2 heterocycles. The molecule has 1 amide bonds. The molecule has 6 nitrogen and oxygen atoms in total. The van der Waals surface area contributed by atoms with Crippen LogP contribution in [0.5, 0.6) is 11.5 Å². The lowest BCUT2D eigenvalue weighted by atomic mass is 10.1. The number of rotatable bonds is 7. The van der Waals surface area contributed by atoms with E-state index < -0.39 is 0 Å². The minimum absolute atomic E-state index is 0.0187. The van der Waals surface area contributed by atoms with Gasteiger partial charge < -0.3 is 14.4 Å². The number of nitrogens with zero attached hydrogens (tertiary/aromatic N) is 3. The molecule has 2 aromatic rings. The third kappa shape index (κ3) is 5.20. The van der Waals surface area contributed by atoms with Gasteiger partial charge >= 0.3 is 0 Å². The first-order valence-corrected chi connectivity index (χ1v) is 11.2. The largest absolute Gasteiger partial charge is 0.497 e. The van der Waals surface area contributed by atoms with Crippen molar-refractivity contribution in [2.75, 3.05) is 46.9 Å². The predicted octanol–water partition coefficient (Wildman–Crippen LogP) is 3.01. The van der Waals surface area contributed by atoms with Crippen LogP contribution in [0.4, 0.5) is 0 Å². The Morgan fingerprint density at radius 3 is 2.42 bits per heavy atom. The Balaban J connectivity index is 1.33. The van der Waals surface area contributed by atoms with Gasteiger partial charge in [0.2, 0.25) is 5.91 Å². The van der Waals surface area contributed by atoms with E-state index in [1.165, 1.54) is 5.56 Å². The van der Waals surface area contributed by atoms with Crippen LogP contribution in [0.2, 0.25) is 0 Å². The number of carbonyl (C=O) groups excluding carboxylic acids is 1. The normalized spacial score (nSPS) is 20.1. The van der Waals surface area contributed by atoms with Crippen LogP contribution in [0.1, 0.15) is 24.0 Å². The Labute approximate surface area is 185 Å². The first-order valence-electron chi connectivity index (χ1n) is 11.2.